The van der Waals surface area contributed by atoms with Crippen molar-refractivity contribution in [3.05, 3.63) is 30.1 Å². The van der Waals surface area contributed by atoms with E-state index in [2.05, 4.69) is 37.7 Å². The quantitative estimate of drug-likeness (QED) is 0.691. The van der Waals surface area contributed by atoms with Crippen molar-refractivity contribution in [2.24, 2.45) is 10.9 Å². The van der Waals surface area contributed by atoms with Crippen LogP contribution in [0, 0.1) is 5.92 Å². The van der Waals surface area contributed by atoms with Gasteiger partial charge in [-0.05, 0) is 38.3 Å². The van der Waals surface area contributed by atoms with E-state index in [1.165, 1.54) is 6.42 Å². The third-order valence-electron chi connectivity index (χ3n) is 2.78. The molecule has 0 amide bonds. The molecule has 0 aliphatic heterocycles. The maximum atomic E-state index is 4.63. The van der Waals surface area contributed by atoms with Crippen molar-refractivity contribution in [2.45, 2.75) is 46.1 Å². The van der Waals surface area contributed by atoms with Gasteiger partial charge in [0.2, 0.25) is 0 Å². The summed E-state index contributed by atoms with van der Waals surface area (Å²) in [6.45, 7) is 8.86. The lowest BCUT2D eigenvalue weighted by atomic mass is 9.91. The molecule has 2 nitrogen and oxygen atoms in total. The molecular weight excluding hydrogens is 196 g/mol. The summed E-state index contributed by atoms with van der Waals surface area (Å²) in [7, 11) is 0. The zero-order chi connectivity index (χ0) is 12.0. The number of pyridine rings is 1. The topological polar surface area (TPSA) is 25.2 Å². The molecule has 16 heavy (non-hydrogen) atoms. The van der Waals surface area contributed by atoms with E-state index in [0.29, 0.717) is 0 Å². The zero-order valence-corrected chi connectivity index (χ0v) is 10.8. The number of rotatable bonds is 5. The van der Waals surface area contributed by atoms with Crippen molar-refractivity contribution in [3.63, 3.8) is 0 Å². The first-order valence-electron chi connectivity index (χ1n) is 6.00. The molecule has 2 heteroatoms. The Morgan fingerprint density at radius 3 is 2.75 bits per heavy atom. The Kier molecular flexibility index (Phi) is 4.66. The Morgan fingerprint density at radius 1 is 1.44 bits per heavy atom. The minimum atomic E-state index is 0.00689. The summed E-state index contributed by atoms with van der Waals surface area (Å²) >= 11 is 0. The van der Waals surface area contributed by atoms with Gasteiger partial charge in [-0.25, -0.2) is 0 Å². The Balaban J connectivity index is 2.61. The van der Waals surface area contributed by atoms with Crippen LogP contribution in [-0.2, 0) is 0 Å². The van der Waals surface area contributed by atoms with Crippen LogP contribution in [0.5, 0.6) is 0 Å². The van der Waals surface area contributed by atoms with Crippen LogP contribution in [0.3, 0.4) is 0 Å². The molecule has 0 fully saturated rings. The van der Waals surface area contributed by atoms with Crippen molar-refractivity contribution < 1.29 is 0 Å². The molecule has 0 bridgehead atoms. The van der Waals surface area contributed by atoms with Crippen molar-refractivity contribution in [1.82, 2.24) is 4.98 Å². The first-order valence-corrected chi connectivity index (χ1v) is 6.00. The first kappa shape index (κ1) is 12.9. The maximum absolute atomic E-state index is 4.63. The molecule has 1 unspecified atom stereocenters. The Labute approximate surface area is 98.8 Å². The van der Waals surface area contributed by atoms with E-state index >= 15 is 0 Å². The highest BCUT2D eigenvalue weighted by Gasteiger charge is 2.18. The second-order valence-electron chi connectivity index (χ2n) is 5.04. The molecule has 0 radical (unpaired) electrons. The van der Waals surface area contributed by atoms with Gasteiger partial charge in [0.05, 0.1) is 11.2 Å². The lowest BCUT2D eigenvalue weighted by Crippen LogP contribution is -2.20. The van der Waals surface area contributed by atoms with Gasteiger partial charge >= 0.3 is 0 Å². The summed E-state index contributed by atoms with van der Waals surface area (Å²) in [4.78, 5) is 8.86. The van der Waals surface area contributed by atoms with E-state index in [1.807, 2.05) is 24.4 Å². The standard InChI is InChI=1S/C14H22N2/c1-5-12(2)10-14(3,4)16-11-13-8-6-7-9-15-13/h6-9,11-12H,5,10H2,1-4H3. The highest BCUT2D eigenvalue weighted by Crippen LogP contribution is 2.22. The smallest absolute Gasteiger partial charge is 0.0808 e. The number of nitrogens with zero attached hydrogens (tertiary/aromatic N) is 2. The average molecular weight is 218 g/mol. The van der Waals surface area contributed by atoms with E-state index in [9.17, 15) is 0 Å². The average Bonchev–Trinajstić information content (AvgIpc) is 2.27. The molecule has 0 aliphatic carbocycles. The third-order valence-corrected chi connectivity index (χ3v) is 2.78. The van der Waals surface area contributed by atoms with Crippen LogP contribution in [0.2, 0.25) is 0 Å². The van der Waals surface area contributed by atoms with Crippen LogP contribution in [0.25, 0.3) is 0 Å². The molecule has 0 N–H and O–H groups in total. The van der Waals surface area contributed by atoms with Crippen molar-refractivity contribution in [3.8, 4) is 0 Å². The van der Waals surface area contributed by atoms with Gasteiger partial charge in [-0.2, -0.15) is 0 Å². The Morgan fingerprint density at radius 2 is 2.19 bits per heavy atom. The number of aliphatic imine (C=N–C) groups is 1. The Bertz CT molecular complexity index is 328. The second-order valence-corrected chi connectivity index (χ2v) is 5.04. The first-order chi connectivity index (χ1) is 7.53. The summed E-state index contributed by atoms with van der Waals surface area (Å²) in [5.74, 6) is 0.718. The molecule has 1 aromatic heterocycles. The SMILES string of the molecule is CCC(C)CC(C)(C)N=Cc1ccccn1. The van der Waals surface area contributed by atoms with Gasteiger partial charge < -0.3 is 0 Å². The van der Waals surface area contributed by atoms with E-state index in [1.54, 1.807) is 6.20 Å². The van der Waals surface area contributed by atoms with E-state index in [4.69, 9.17) is 0 Å². The maximum Gasteiger partial charge on any atom is 0.0808 e. The monoisotopic (exact) mass is 218 g/mol. The molecule has 0 aliphatic rings. The van der Waals surface area contributed by atoms with E-state index < -0.39 is 0 Å². The van der Waals surface area contributed by atoms with Gasteiger partial charge in [0.25, 0.3) is 0 Å². The molecule has 0 spiro atoms. The summed E-state index contributed by atoms with van der Waals surface area (Å²) in [5.41, 5.74) is 0.937. The molecule has 88 valence electrons. The number of hydrogen-bond acceptors (Lipinski definition) is 2. The summed E-state index contributed by atoms with van der Waals surface area (Å²) in [5, 5.41) is 0. The fourth-order valence-corrected chi connectivity index (χ4v) is 1.74. The van der Waals surface area contributed by atoms with Gasteiger partial charge in [0.1, 0.15) is 0 Å². The van der Waals surface area contributed by atoms with E-state index in [0.717, 1.165) is 18.0 Å². The van der Waals surface area contributed by atoms with Crippen molar-refractivity contribution in [2.75, 3.05) is 0 Å². The van der Waals surface area contributed by atoms with Crippen molar-refractivity contribution >= 4 is 6.21 Å². The van der Waals surface area contributed by atoms with Gasteiger partial charge in [0.15, 0.2) is 0 Å². The van der Waals surface area contributed by atoms with Crippen LogP contribution >= 0.6 is 0 Å². The number of aromatic nitrogens is 1. The normalized spacial score (nSPS) is 14.2. The molecule has 1 atom stereocenters. The fraction of sp³-hybridized carbons (Fsp3) is 0.571. The zero-order valence-electron chi connectivity index (χ0n) is 10.8. The molecule has 0 saturated heterocycles. The van der Waals surface area contributed by atoms with E-state index in [-0.39, 0.29) is 5.54 Å². The fourth-order valence-electron chi connectivity index (χ4n) is 1.74. The highest BCUT2D eigenvalue weighted by atomic mass is 14.8. The molecule has 1 heterocycles. The highest BCUT2D eigenvalue weighted by molar-refractivity contribution is 5.77. The minimum Gasteiger partial charge on any atom is -0.285 e. The minimum absolute atomic E-state index is 0.00689. The van der Waals surface area contributed by atoms with Crippen molar-refractivity contribution in [1.29, 1.82) is 0 Å². The summed E-state index contributed by atoms with van der Waals surface area (Å²) < 4.78 is 0. The van der Waals surface area contributed by atoms with Crippen LogP contribution in [0.4, 0.5) is 0 Å². The predicted octanol–water partition coefficient (Wildman–Crippen LogP) is 3.72. The summed E-state index contributed by atoms with van der Waals surface area (Å²) in [6, 6.07) is 5.88. The third kappa shape index (κ3) is 4.56. The van der Waals surface area contributed by atoms with Gasteiger partial charge in [-0.3, -0.25) is 9.98 Å². The molecule has 1 rings (SSSR count). The summed E-state index contributed by atoms with van der Waals surface area (Å²) in [6.07, 6.45) is 6.00. The van der Waals surface area contributed by atoms with Gasteiger partial charge in [0, 0.05) is 12.4 Å². The second kappa shape index (κ2) is 5.78. The van der Waals surface area contributed by atoms with Gasteiger partial charge in [-0.15, -0.1) is 0 Å². The van der Waals surface area contributed by atoms with Gasteiger partial charge in [-0.1, -0.05) is 26.3 Å². The largest absolute Gasteiger partial charge is 0.285 e. The lowest BCUT2D eigenvalue weighted by molar-refractivity contribution is 0.377. The van der Waals surface area contributed by atoms with Crippen LogP contribution in [0.15, 0.2) is 29.4 Å². The lowest BCUT2D eigenvalue weighted by Gasteiger charge is -2.23. The number of hydrogen-bond donors (Lipinski definition) is 0. The predicted molar refractivity (Wildman–Crippen MR) is 70.0 cm³/mol. The molecule has 0 aromatic carbocycles. The molecule has 0 saturated carbocycles. The van der Waals surface area contributed by atoms with Crippen LogP contribution < -0.4 is 0 Å². The molecular formula is C14H22N2. The van der Waals surface area contributed by atoms with Crippen LogP contribution in [-0.4, -0.2) is 16.7 Å². The Hall–Kier alpha value is -1.18. The molecule has 1 aromatic rings. The van der Waals surface area contributed by atoms with Crippen LogP contribution in [0.1, 0.15) is 46.2 Å².